The second kappa shape index (κ2) is 8.39. The van der Waals surface area contributed by atoms with Gasteiger partial charge in [-0.25, -0.2) is 8.78 Å². The Morgan fingerprint density at radius 2 is 1.83 bits per heavy atom. The van der Waals surface area contributed by atoms with Gasteiger partial charge in [-0.05, 0) is 29.4 Å². The van der Waals surface area contributed by atoms with Gasteiger partial charge in [-0.3, -0.25) is 4.79 Å². The van der Waals surface area contributed by atoms with Gasteiger partial charge >= 0.3 is 0 Å². The molecule has 0 spiro atoms. The number of rotatable bonds is 7. The van der Waals surface area contributed by atoms with Crippen molar-refractivity contribution in [2.24, 2.45) is 0 Å². The predicted octanol–water partition coefficient (Wildman–Crippen LogP) is 3.23. The summed E-state index contributed by atoms with van der Waals surface area (Å²) in [5.74, 6) is -1.68. The topological polar surface area (TPSA) is 29.1 Å². The van der Waals surface area contributed by atoms with Gasteiger partial charge in [-0.1, -0.05) is 35.1 Å². The number of nitrogens with one attached hydrogen (secondary N) is 1. The largest absolute Gasteiger partial charge is 0.356 e. The summed E-state index contributed by atoms with van der Waals surface area (Å²) in [6.07, 6.45) is 2.83. The van der Waals surface area contributed by atoms with E-state index in [0.29, 0.717) is 6.54 Å². The van der Waals surface area contributed by atoms with Crippen LogP contribution < -0.4 is 5.32 Å². The summed E-state index contributed by atoms with van der Waals surface area (Å²) < 4.78 is 27.7. The minimum atomic E-state index is -0.671. The minimum Gasteiger partial charge on any atom is -0.356 e. The molecule has 0 saturated heterocycles. The van der Waals surface area contributed by atoms with Gasteiger partial charge in [0.1, 0.15) is 11.6 Å². The second-order valence-corrected chi connectivity index (χ2v) is 5.06. The highest BCUT2D eigenvalue weighted by Crippen LogP contribution is 2.12. The fourth-order valence-corrected chi connectivity index (χ4v) is 2.09. The van der Waals surface area contributed by atoms with Crippen molar-refractivity contribution in [1.82, 2.24) is 5.32 Å². The Bertz CT molecular complexity index is 378. The van der Waals surface area contributed by atoms with Crippen LogP contribution in [0.15, 0.2) is 18.2 Å². The molecule has 5 heteroatoms. The number of alkyl halides is 1. The molecule has 1 N–H and O–H groups in total. The molecule has 1 rings (SSSR count). The summed E-state index contributed by atoms with van der Waals surface area (Å²) in [6.45, 7) is 0.561. The third-order valence-electron chi connectivity index (χ3n) is 2.53. The summed E-state index contributed by atoms with van der Waals surface area (Å²) in [6, 6.07) is 3.61. The summed E-state index contributed by atoms with van der Waals surface area (Å²) in [5, 5.41) is 2.67. The fraction of sp³-hybridized carbons (Fsp3) is 0.462. The molecular weight excluding hydrogens is 351 g/mol. The van der Waals surface area contributed by atoms with Gasteiger partial charge in [0.2, 0.25) is 5.91 Å². The normalized spacial score (nSPS) is 10.4. The molecule has 100 valence electrons. The molecule has 0 aromatic heterocycles. The first-order chi connectivity index (χ1) is 8.65. The SMILES string of the molecule is O=C(Cc1c(F)cccc1F)NCCCCCI. The zero-order valence-electron chi connectivity index (χ0n) is 10.0. The number of carbonyl (C=O) groups is 1. The molecule has 1 amide bonds. The number of hydrogen-bond donors (Lipinski definition) is 1. The Hall–Kier alpha value is -0.720. The van der Waals surface area contributed by atoms with Crippen LogP contribution in [0.4, 0.5) is 8.78 Å². The Kier molecular flexibility index (Phi) is 7.15. The maximum Gasteiger partial charge on any atom is 0.224 e. The first kappa shape index (κ1) is 15.3. The van der Waals surface area contributed by atoms with E-state index in [1.807, 2.05) is 0 Å². The van der Waals surface area contributed by atoms with Crippen molar-refractivity contribution < 1.29 is 13.6 Å². The van der Waals surface area contributed by atoms with E-state index in [1.54, 1.807) is 0 Å². The molecule has 0 radical (unpaired) electrons. The number of hydrogen-bond acceptors (Lipinski definition) is 1. The molecule has 0 fully saturated rings. The average Bonchev–Trinajstić information content (AvgIpc) is 2.34. The zero-order chi connectivity index (χ0) is 13.4. The Morgan fingerprint density at radius 1 is 1.17 bits per heavy atom. The Labute approximate surface area is 119 Å². The maximum absolute atomic E-state index is 13.3. The zero-order valence-corrected chi connectivity index (χ0v) is 12.2. The summed E-state index contributed by atoms with van der Waals surface area (Å²) in [7, 11) is 0. The van der Waals surface area contributed by atoms with Crippen LogP contribution in [0.2, 0.25) is 0 Å². The molecule has 0 heterocycles. The minimum absolute atomic E-state index is 0.165. The van der Waals surface area contributed by atoms with Crippen LogP contribution in [0, 0.1) is 11.6 Å². The summed E-state index contributed by atoms with van der Waals surface area (Å²) >= 11 is 2.30. The molecule has 18 heavy (non-hydrogen) atoms. The highest BCUT2D eigenvalue weighted by molar-refractivity contribution is 14.1. The Balaban J connectivity index is 2.36. The number of halogens is 3. The smallest absolute Gasteiger partial charge is 0.224 e. The monoisotopic (exact) mass is 367 g/mol. The third-order valence-corrected chi connectivity index (χ3v) is 3.29. The third kappa shape index (κ3) is 5.29. The maximum atomic E-state index is 13.3. The summed E-state index contributed by atoms with van der Waals surface area (Å²) in [4.78, 5) is 11.5. The first-order valence-electron chi connectivity index (χ1n) is 5.90. The predicted molar refractivity (Wildman–Crippen MR) is 75.8 cm³/mol. The molecule has 0 aliphatic heterocycles. The van der Waals surface area contributed by atoms with E-state index >= 15 is 0 Å². The first-order valence-corrected chi connectivity index (χ1v) is 7.43. The highest BCUT2D eigenvalue weighted by atomic mass is 127. The molecule has 1 aromatic carbocycles. The van der Waals surface area contributed by atoms with Crippen molar-refractivity contribution in [1.29, 1.82) is 0 Å². The van der Waals surface area contributed by atoms with E-state index in [9.17, 15) is 13.6 Å². The van der Waals surface area contributed by atoms with E-state index in [4.69, 9.17) is 0 Å². The lowest BCUT2D eigenvalue weighted by Gasteiger charge is -2.06. The van der Waals surface area contributed by atoms with Gasteiger partial charge in [0.25, 0.3) is 0 Å². The molecule has 0 unspecified atom stereocenters. The number of amides is 1. The van der Waals surface area contributed by atoms with Crippen LogP contribution in [-0.2, 0) is 11.2 Å². The van der Waals surface area contributed by atoms with Crippen molar-refractivity contribution >= 4 is 28.5 Å². The standard InChI is InChI=1S/C13H16F2INO/c14-11-5-4-6-12(15)10(11)9-13(18)17-8-3-1-2-7-16/h4-6H,1-3,7-9H2,(H,17,18). The van der Waals surface area contributed by atoms with Gasteiger partial charge in [0.05, 0.1) is 6.42 Å². The molecule has 0 atom stereocenters. The van der Waals surface area contributed by atoms with Crippen LogP contribution in [0.5, 0.6) is 0 Å². The lowest BCUT2D eigenvalue weighted by Crippen LogP contribution is -2.26. The highest BCUT2D eigenvalue weighted by Gasteiger charge is 2.12. The average molecular weight is 367 g/mol. The van der Waals surface area contributed by atoms with Crippen molar-refractivity contribution in [3.8, 4) is 0 Å². The molecular formula is C13H16F2INO. The number of unbranched alkanes of at least 4 members (excludes halogenated alkanes) is 2. The van der Waals surface area contributed by atoms with Crippen molar-refractivity contribution in [2.45, 2.75) is 25.7 Å². The van der Waals surface area contributed by atoms with Crippen molar-refractivity contribution in [3.63, 3.8) is 0 Å². The fourth-order valence-electron chi connectivity index (χ4n) is 1.55. The second-order valence-electron chi connectivity index (χ2n) is 3.98. The Morgan fingerprint density at radius 3 is 2.44 bits per heavy atom. The van der Waals surface area contributed by atoms with Gasteiger partial charge < -0.3 is 5.32 Å². The molecule has 0 bridgehead atoms. The van der Waals surface area contributed by atoms with Crippen LogP contribution in [0.3, 0.4) is 0 Å². The quantitative estimate of drug-likeness (QED) is 0.448. The number of benzene rings is 1. The van der Waals surface area contributed by atoms with Crippen LogP contribution >= 0.6 is 22.6 Å². The molecule has 2 nitrogen and oxygen atoms in total. The molecule has 0 aliphatic rings. The van der Waals surface area contributed by atoms with E-state index < -0.39 is 11.6 Å². The van der Waals surface area contributed by atoms with E-state index in [1.165, 1.54) is 6.07 Å². The lowest BCUT2D eigenvalue weighted by molar-refractivity contribution is -0.120. The van der Waals surface area contributed by atoms with Crippen molar-refractivity contribution in [2.75, 3.05) is 11.0 Å². The van der Waals surface area contributed by atoms with Crippen LogP contribution in [-0.4, -0.2) is 16.9 Å². The lowest BCUT2D eigenvalue weighted by atomic mass is 10.1. The van der Waals surface area contributed by atoms with Gasteiger partial charge in [-0.2, -0.15) is 0 Å². The molecule has 1 aromatic rings. The van der Waals surface area contributed by atoms with Crippen LogP contribution in [0.1, 0.15) is 24.8 Å². The van der Waals surface area contributed by atoms with Crippen LogP contribution in [0.25, 0.3) is 0 Å². The van der Waals surface area contributed by atoms with E-state index in [0.717, 1.165) is 35.8 Å². The van der Waals surface area contributed by atoms with E-state index in [-0.39, 0.29) is 17.9 Å². The van der Waals surface area contributed by atoms with Gasteiger partial charge in [0, 0.05) is 12.1 Å². The van der Waals surface area contributed by atoms with Gasteiger partial charge in [-0.15, -0.1) is 0 Å². The van der Waals surface area contributed by atoms with Crippen molar-refractivity contribution in [3.05, 3.63) is 35.4 Å². The molecule has 0 aliphatic carbocycles. The number of carbonyl (C=O) groups excluding carboxylic acids is 1. The van der Waals surface area contributed by atoms with Gasteiger partial charge in [0.15, 0.2) is 0 Å². The van der Waals surface area contributed by atoms with E-state index in [2.05, 4.69) is 27.9 Å². The molecule has 0 saturated carbocycles. The summed E-state index contributed by atoms with van der Waals surface area (Å²) in [5.41, 5.74) is -0.165.